The van der Waals surface area contributed by atoms with Crippen LogP contribution < -0.4 is 0 Å². The normalized spacial score (nSPS) is 12.7. The highest BCUT2D eigenvalue weighted by molar-refractivity contribution is 5.24. The van der Waals surface area contributed by atoms with Crippen LogP contribution in [0.25, 0.3) is 0 Å². The smallest absolute Gasteiger partial charge is 0.0372 e. The fourth-order valence-electron chi connectivity index (χ4n) is 2.18. The van der Waals surface area contributed by atoms with Gasteiger partial charge in [-0.15, -0.1) is 0 Å². The Morgan fingerprint density at radius 3 is 2.42 bits per heavy atom. The van der Waals surface area contributed by atoms with Gasteiger partial charge >= 0.3 is 0 Å². The van der Waals surface area contributed by atoms with Crippen molar-refractivity contribution < 1.29 is 0 Å². The minimum absolute atomic E-state index is 0.470. The molecule has 2 nitrogen and oxygen atoms in total. The monoisotopic (exact) mass is 254 g/mol. The van der Waals surface area contributed by atoms with Gasteiger partial charge < -0.3 is 0 Å². The van der Waals surface area contributed by atoms with Crippen molar-refractivity contribution in [3.63, 3.8) is 0 Å². The van der Waals surface area contributed by atoms with Gasteiger partial charge in [0.05, 0.1) is 0 Å². The van der Waals surface area contributed by atoms with E-state index in [1.54, 1.807) is 0 Å². The Morgan fingerprint density at radius 1 is 1.00 bits per heavy atom. The zero-order valence-corrected chi connectivity index (χ0v) is 12.2. The summed E-state index contributed by atoms with van der Waals surface area (Å²) in [6.07, 6.45) is 6.94. The third-order valence-corrected chi connectivity index (χ3v) is 3.53. The molecule has 0 radical (unpaired) electrons. The average Bonchev–Trinajstić information content (AvgIpc) is 2.39. The molecule has 100 valence electrons. The quantitative estimate of drug-likeness (QED) is 0.815. The molecule has 0 saturated heterocycles. The van der Waals surface area contributed by atoms with Crippen LogP contribution in [0.5, 0.6) is 0 Å². The Morgan fingerprint density at radius 2 is 1.79 bits per heavy atom. The molecule has 0 aliphatic rings. The first-order valence-electron chi connectivity index (χ1n) is 6.92. The van der Waals surface area contributed by atoms with Crippen molar-refractivity contribution in [2.45, 2.75) is 46.0 Å². The lowest BCUT2D eigenvalue weighted by Crippen LogP contribution is -2.01. The Bertz CT molecular complexity index is 529. The van der Waals surface area contributed by atoms with Gasteiger partial charge in [-0.2, -0.15) is 0 Å². The van der Waals surface area contributed by atoms with Crippen molar-refractivity contribution >= 4 is 0 Å². The highest BCUT2D eigenvalue weighted by atomic mass is 14.7. The molecule has 0 aromatic carbocycles. The molecule has 0 amide bonds. The summed E-state index contributed by atoms with van der Waals surface area (Å²) in [5.74, 6) is 1.00. The van der Waals surface area contributed by atoms with E-state index in [1.165, 1.54) is 16.7 Å². The molecule has 1 atom stereocenters. The van der Waals surface area contributed by atoms with Crippen LogP contribution in [-0.4, -0.2) is 9.97 Å². The van der Waals surface area contributed by atoms with E-state index in [2.05, 4.69) is 48.9 Å². The van der Waals surface area contributed by atoms with Crippen LogP contribution in [0.15, 0.2) is 36.8 Å². The molecule has 0 fully saturated rings. The summed E-state index contributed by atoms with van der Waals surface area (Å²) in [5.41, 5.74) is 4.98. The van der Waals surface area contributed by atoms with Crippen LogP contribution in [0.4, 0.5) is 0 Å². The van der Waals surface area contributed by atoms with Crippen molar-refractivity contribution in [3.8, 4) is 0 Å². The van der Waals surface area contributed by atoms with Gasteiger partial charge in [0.25, 0.3) is 0 Å². The summed E-state index contributed by atoms with van der Waals surface area (Å²) in [7, 11) is 0. The molecule has 0 bridgehead atoms. The SMILES string of the molecule is Cc1ccc(C(C)Cc2cncc(C(C)C)c2)cn1. The van der Waals surface area contributed by atoms with Gasteiger partial charge in [-0.25, -0.2) is 0 Å². The molecule has 0 N–H and O–H groups in total. The third-order valence-electron chi connectivity index (χ3n) is 3.53. The number of hydrogen-bond donors (Lipinski definition) is 0. The van der Waals surface area contributed by atoms with Gasteiger partial charge in [0.1, 0.15) is 0 Å². The predicted octanol–water partition coefficient (Wildman–Crippen LogP) is 4.25. The van der Waals surface area contributed by atoms with Crippen LogP contribution >= 0.6 is 0 Å². The fourth-order valence-corrected chi connectivity index (χ4v) is 2.18. The first-order valence-corrected chi connectivity index (χ1v) is 6.92. The van der Waals surface area contributed by atoms with Crippen molar-refractivity contribution in [2.75, 3.05) is 0 Å². The highest BCUT2D eigenvalue weighted by Gasteiger charge is 2.08. The molecule has 19 heavy (non-hydrogen) atoms. The summed E-state index contributed by atoms with van der Waals surface area (Å²) < 4.78 is 0. The molecule has 2 aromatic rings. The summed E-state index contributed by atoms with van der Waals surface area (Å²) in [5, 5.41) is 0. The number of hydrogen-bond acceptors (Lipinski definition) is 2. The standard InChI is InChI=1S/C17H22N2/c1-12(2)17-8-15(9-18-10-17)7-13(3)16-6-5-14(4)19-11-16/h5-6,8-13H,7H2,1-4H3. The number of aromatic nitrogens is 2. The summed E-state index contributed by atoms with van der Waals surface area (Å²) in [6, 6.07) is 6.52. The van der Waals surface area contributed by atoms with Crippen LogP contribution in [0, 0.1) is 6.92 Å². The molecule has 2 heterocycles. The molecule has 0 aliphatic heterocycles. The molecule has 2 rings (SSSR count). The molecule has 0 spiro atoms. The molecule has 1 unspecified atom stereocenters. The third kappa shape index (κ3) is 3.63. The van der Waals surface area contributed by atoms with Gasteiger partial charge in [0.2, 0.25) is 0 Å². The molecule has 2 heteroatoms. The van der Waals surface area contributed by atoms with E-state index in [9.17, 15) is 0 Å². The van der Waals surface area contributed by atoms with Crippen molar-refractivity contribution in [3.05, 3.63) is 59.2 Å². The van der Waals surface area contributed by atoms with Gasteiger partial charge in [-0.1, -0.05) is 32.9 Å². The van der Waals surface area contributed by atoms with Crippen LogP contribution in [0.1, 0.15) is 55.0 Å². The van der Waals surface area contributed by atoms with Crippen LogP contribution in [-0.2, 0) is 6.42 Å². The Balaban J connectivity index is 2.12. The first-order chi connectivity index (χ1) is 9.06. The first kappa shape index (κ1) is 13.7. The predicted molar refractivity (Wildman–Crippen MR) is 79.4 cm³/mol. The minimum atomic E-state index is 0.470. The topological polar surface area (TPSA) is 25.8 Å². The van der Waals surface area contributed by atoms with E-state index in [0.717, 1.165) is 12.1 Å². The number of rotatable bonds is 4. The van der Waals surface area contributed by atoms with E-state index < -0.39 is 0 Å². The second-order valence-electron chi connectivity index (χ2n) is 5.62. The Kier molecular flexibility index (Phi) is 4.31. The van der Waals surface area contributed by atoms with E-state index in [1.807, 2.05) is 25.5 Å². The fraction of sp³-hybridized carbons (Fsp3) is 0.412. The lowest BCUT2D eigenvalue weighted by Gasteiger charge is -2.13. The van der Waals surface area contributed by atoms with Gasteiger partial charge in [0, 0.05) is 24.3 Å². The van der Waals surface area contributed by atoms with E-state index >= 15 is 0 Å². The van der Waals surface area contributed by atoms with E-state index in [-0.39, 0.29) is 0 Å². The Labute approximate surface area is 115 Å². The van der Waals surface area contributed by atoms with Gasteiger partial charge in [0.15, 0.2) is 0 Å². The molecule has 2 aromatic heterocycles. The van der Waals surface area contributed by atoms with Crippen molar-refractivity contribution in [1.29, 1.82) is 0 Å². The number of pyridine rings is 2. The zero-order valence-electron chi connectivity index (χ0n) is 12.2. The Hall–Kier alpha value is -1.70. The van der Waals surface area contributed by atoms with Gasteiger partial charge in [-0.3, -0.25) is 9.97 Å². The minimum Gasteiger partial charge on any atom is -0.264 e. The maximum Gasteiger partial charge on any atom is 0.0372 e. The number of nitrogens with zero attached hydrogens (tertiary/aromatic N) is 2. The van der Waals surface area contributed by atoms with Crippen LogP contribution in [0.3, 0.4) is 0 Å². The second kappa shape index (κ2) is 5.96. The lowest BCUT2D eigenvalue weighted by molar-refractivity contribution is 0.745. The second-order valence-corrected chi connectivity index (χ2v) is 5.62. The van der Waals surface area contributed by atoms with Gasteiger partial charge in [-0.05, 0) is 47.9 Å². The molecular formula is C17H22N2. The lowest BCUT2D eigenvalue weighted by atomic mass is 9.94. The number of aryl methyl sites for hydroxylation is 1. The van der Waals surface area contributed by atoms with E-state index in [0.29, 0.717) is 11.8 Å². The molecule has 0 aliphatic carbocycles. The summed E-state index contributed by atoms with van der Waals surface area (Å²) >= 11 is 0. The van der Waals surface area contributed by atoms with Crippen molar-refractivity contribution in [2.24, 2.45) is 0 Å². The maximum atomic E-state index is 4.37. The zero-order chi connectivity index (χ0) is 13.8. The van der Waals surface area contributed by atoms with Crippen LogP contribution in [0.2, 0.25) is 0 Å². The maximum absolute atomic E-state index is 4.37. The average molecular weight is 254 g/mol. The summed E-state index contributed by atoms with van der Waals surface area (Å²) in [4.78, 5) is 8.72. The van der Waals surface area contributed by atoms with Crippen molar-refractivity contribution in [1.82, 2.24) is 9.97 Å². The summed E-state index contributed by atoms with van der Waals surface area (Å²) in [6.45, 7) is 8.67. The molecule has 0 saturated carbocycles. The largest absolute Gasteiger partial charge is 0.264 e. The van der Waals surface area contributed by atoms with E-state index in [4.69, 9.17) is 0 Å². The highest BCUT2D eigenvalue weighted by Crippen LogP contribution is 2.21. The molecular weight excluding hydrogens is 232 g/mol.